The lowest BCUT2D eigenvalue weighted by molar-refractivity contribution is 0.0318. The van der Waals surface area contributed by atoms with Crippen LogP contribution >= 0.6 is 0 Å². The third kappa shape index (κ3) is 4.59. The van der Waals surface area contributed by atoms with Gasteiger partial charge in [-0.3, -0.25) is 9.10 Å². The molecular formula is C21H23NO6S. The fourth-order valence-electron chi connectivity index (χ4n) is 3.24. The molecule has 0 aliphatic carbocycles. The molecule has 1 atom stereocenters. The molecule has 29 heavy (non-hydrogen) atoms. The average Bonchev–Trinajstić information content (AvgIpc) is 3.12. The molecule has 1 aliphatic heterocycles. The zero-order chi connectivity index (χ0) is 21.2. The number of esters is 1. The summed E-state index contributed by atoms with van der Waals surface area (Å²) in [7, 11) is -3.35. The third-order valence-electron chi connectivity index (χ3n) is 4.67. The Hall–Kier alpha value is -2.87. The monoisotopic (exact) mass is 417 g/mol. The lowest BCUT2D eigenvalue weighted by Crippen LogP contribution is -2.27. The van der Waals surface area contributed by atoms with Gasteiger partial charge in [0.15, 0.2) is 6.10 Å². The van der Waals surface area contributed by atoms with E-state index in [0.717, 1.165) is 11.8 Å². The van der Waals surface area contributed by atoms with Crippen LogP contribution in [-0.4, -0.2) is 45.7 Å². The summed E-state index contributed by atoms with van der Waals surface area (Å²) in [6.07, 6.45) is 0.712. The van der Waals surface area contributed by atoms with Crippen molar-refractivity contribution >= 4 is 27.5 Å². The molecule has 0 saturated carbocycles. The van der Waals surface area contributed by atoms with Gasteiger partial charge < -0.3 is 9.47 Å². The standard InChI is InChI=1S/C21H23NO6S/c1-4-27-18-8-5-15(6-9-18)20(23)14(2)28-21(24)17-7-10-19-16(13-17)11-12-22(19)29(3,25)26/h5-10,13-14H,4,11-12H2,1-3H3/t14-/m0/s1. The van der Waals surface area contributed by atoms with Gasteiger partial charge in [-0.15, -0.1) is 0 Å². The molecule has 3 rings (SSSR count). The van der Waals surface area contributed by atoms with Gasteiger partial charge in [0.1, 0.15) is 5.75 Å². The second-order valence-electron chi connectivity index (χ2n) is 6.80. The highest BCUT2D eigenvalue weighted by Gasteiger charge is 2.27. The average molecular weight is 417 g/mol. The number of ketones is 1. The summed E-state index contributed by atoms with van der Waals surface area (Å²) in [6, 6.07) is 11.4. The van der Waals surface area contributed by atoms with Gasteiger partial charge >= 0.3 is 5.97 Å². The molecule has 1 aliphatic rings. The van der Waals surface area contributed by atoms with Gasteiger partial charge in [0.2, 0.25) is 15.8 Å². The van der Waals surface area contributed by atoms with Crippen molar-refractivity contribution in [1.82, 2.24) is 0 Å². The number of rotatable bonds is 7. The predicted octanol–water partition coefficient (Wildman–Crippen LogP) is 2.84. The highest BCUT2D eigenvalue weighted by molar-refractivity contribution is 7.92. The van der Waals surface area contributed by atoms with E-state index in [9.17, 15) is 18.0 Å². The van der Waals surface area contributed by atoms with Crippen molar-refractivity contribution < 1.29 is 27.5 Å². The van der Waals surface area contributed by atoms with Gasteiger partial charge in [0.25, 0.3) is 0 Å². The molecule has 2 aromatic carbocycles. The first-order chi connectivity index (χ1) is 13.7. The summed E-state index contributed by atoms with van der Waals surface area (Å²) in [5.41, 5.74) is 2.04. The number of carbonyl (C=O) groups excluding carboxylic acids is 2. The van der Waals surface area contributed by atoms with E-state index in [2.05, 4.69) is 0 Å². The lowest BCUT2D eigenvalue weighted by atomic mass is 10.1. The quantitative estimate of drug-likeness (QED) is 0.508. The van der Waals surface area contributed by atoms with Crippen LogP contribution in [0.2, 0.25) is 0 Å². The van der Waals surface area contributed by atoms with Gasteiger partial charge in [0.05, 0.1) is 24.1 Å². The van der Waals surface area contributed by atoms with Crippen LogP contribution in [0.4, 0.5) is 5.69 Å². The molecule has 0 aromatic heterocycles. The maximum atomic E-state index is 12.5. The molecule has 0 fully saturated rings. The SMILES string of the molecule is CCOc1ccc(C(=O)[C@H](C)OC(=O)c2ccc3c(c2)CCN3S(C)(=O)=O)cc1. The number of anilines is 1. The van der Waals surface area contributed by atoms with E-state index in [1.54, 1.807) is 36.4 Å². The summed E-state index contributed by atoms with van der Waals surface area (Å²) in [6.45, 7) is 4.27. The van der Waals surface area contributed by atoms with Crippen LogP contribution in [0.25, 0.3) is 0 Å². The van der Waals surface area contributed by atoms with E-state index in [1.807, 2.05) is 6.92 Å². The van der Waals surface area contributed by atoms with Crippen molar-refractivity contribution in [1.29, 1.82) is 0 Å². The summed E-state index contributed by atoms with van der Waals surface area (Å²) in [5, 5.41) is 0. The van der Waals surface area contributed by atoms with Crippen molar-refractivity contribution in [3.05, 3.63) is 59.2 Å². The fraction of sp³-hybridized carbons (Fsp3) is 0.333. The highest BCUT2D eigenvalue weighted by atomic mass is 32.2. The number of fused-ring (bicyclic) bond motifs is 1. The van der Waals surface area contributed by atoms with Gasteiger partial charge in [-0.2, -0.15) is 0 Å². The molecule has 8 heteroatoms. The molecule has 1 heterocycles. The molecule has 2 aromatic rings. The Morgan fingerprint density at radius 1 is 1.10 bits per heavy atom. The van der Waals surface area contributed by atoms with E-state index in [4.69, 9.17) is 9.47 Å². The van der Waals surface area contributed by atoms with Crippen molar-refractivity contribution in [2.24, 2.45) is 0 Å². The van der Waals surface area contributed by atoms with Crippen LogP contribution in [0.1, 0.15) is 40.1 Å². The number of sulfonamides is 1. The minimum Gasteiger partial charge on any atom is -0.494 e. The molecule has 0 unspecified atom stereocenters. The molecule has 0 N–H and O–H groups in total. The first kappa shape index (κ1) is 20.9. The first-order valence-electron chi connectivity index (χ1n) is 9.29. The largest absolute Gasteiger partial charge is 0.494 e. The minimum atomic E-state index is -3.35. The Bertz CT molecular complexity index is 1030. The lowest BCUT2D eigenvalue weighted by Gasteiger charge is -2.17. The number of nitrogens with zero attached hydrogens (tertiary/aromatic N) is 1. The number of ether oxygens (including phenoxy) is 2. The zero-order valence-electron chi connectivity index (χ0n) is 16.5. The summed E-state index contributed by atoms with van der Waals surface area (Å²) in [4.78, 5) is 25.0. The molecule has 0 amide bonds. The van der Waals surface area contributed by atoms with Crippen LogP contribution in [0.3, 0.4) is 0 Å². The van der Waals surface area contributed by atoms with Crippen molar-refractivity contribution in [2.75, 3.05) is 23.7 Å². The van der Waals surface area contributed by atoms with E-state index in [0.29, 0.717) is 36.6 Å². The third-order valence-corrected chi connectivity index (χ3v) is 5.85. The maximum Gasteiger partial charge on any atom is 0.338 e. The first-order valence-corrected chi connectivity index (χ1v) is 11.1. The fourth-order valence-corrected chi connectivity index (χ4v) is 4.20. The Kier molecular flexibility index (Phi) is 5.93. The summed E-state index contributed by atoms with van der Waals surface area (Å²) in [5.74, 6) is -0.279. The number of Topliss-reactive ketones (excluding diaryl/α,β-unsaturated/α-hetero) is 1. The highest BCUT2D eigenvalue weighted by Crippen LogP contribution is 2.31. The van der Waals surface area contributed by atoms with Crippen LogP contribution in [0.5, 0.6) is 5.75 Å². The van der Waals surface area contributed by atoms with Gasteiger partial charge in [-0.1, -0.05) is 0 Å². The molecule has 7 nitrogen and oxygen atoms in total. The minimum absolute atomic E-state index is 0.283. The number of benzene rings is 2. The number of hydrogen-bond acceptors (Lipinski definition) is 6. The topological polar surface area (TPSA) is 90.0 Å². The smallest absolute Gasteiger partial charge is 0.338 e. The van der Waals surface area contributed by atoms with Crippen molar-refractivity contribution in [2.45, 2.75) is 26.4 Å². The van der Waals surface area contributed by atoms with E-state index in [-0.39, 0.29) is 11.3 Å². The molecule has 0 spiro atoms. The summed E-state index contributed by atoms with van der Waals surface area (Å²) < 4.78 is 35.6. The molecular weight excluding hydrogens is 394 g/mol. The summed E-state index contributed by atoms with van der Waals surface area (Å²) >= 11 is 0. The Morgan fingerprint density at radius 2 is 1.76 bits per heavy atom. The van der Waals surface area contributed by atoms with E-state index in [1.165, 1.54) is 17.3 Å². The van der Waals surface area contributed by atoms with Crippen LogP contribution < -0.4 is 9.04 Å². The van der Waals surface area contributed by atoms with Gasteiger partial charge in [0, 0.05) is 12.1 Å². The Morgan fingerprint density at radius 3 is 2.38 bits per heavy atom. The van der Waals surface area contributed by atoms with Crippen LogP contribution in [-0.2, 0) is 21.2 Å². The van der Waals surface area contributed by atoms with Crippen LogP contribution in [0.15, 0.2) is 42.5 Å². The zero-order valence-corrected chi connectivity index (χ0v) is 17.4. The predicted molar refractivity (Wildman–Crippen MR) is 109 cm³/mol. The molecule has 0 radical (unpaired) electrons. The second-order valence-corrected chi connectivity index (χ2v) is 8.70. The van der Waals surface area contributed by atoms with Crippen LogP contribution in [0, 0.1) is 0 Å². The second kappa shape index (κ2) is 8.24. The number of hydrogen-bond donors (Lipinski definition) is 0. The maximum absolute atomic E-state index is 12.5. The number of carbonyl (C=O) groups is 2. The Balaban J connectivity index is 1.69. The van der Waals surface area contributed by atoms with Gasteiger partial charge in [-0.05, 0) is 68.3 Å². The van der Waals surface area contributed by atoms with E-state index < -0.39 is 22.1 Å². The van der Waals surface area contributed by atoms with Gasteiger partial charge in [-0.25, -0.2) is 13.2 Å². The normalized spacial score (nSPS) is 14.2. The van der Waals surface area contributed by atoms with Crippen molar-refractivity contribution in [3.63, 3.8) is 0 Å². The van der Waals surface area contributed by atoms with Crippen molar-refractivity contribution in [3.8, 4) is 5.75 Å². The van der Waals surface area contributed by atoms with E-state index >= 15 is 0 Å². The molecule has 0 saturated heterocycles. The molecule has 0 bridgehead atoms. The molecule has 154 valence electrons. The Labute approximate surface area is 170 Å².